The summed E-state index contributed by atoms with van der Waals surface area (Å²) in [5.41, 5.74) is 9.17. The third-order valence-corrected chi connectivity index (χ3v) is 6.95. The van der Waals surface area contributed by atoms with E-state index in [4.69, 9.17) is 5.73 Å². The molecule has 34 heavy (non-hydrogen) atoms. The summed E-state index contributed by atoms with van der Waals surface area (Å²) >= 11 is 0. The van der Waals surface area contributed by atoms with Crippen molar-refractivity contribution in [3.8, 4) is 11.5 Å². The Morgan fingerprint density at radius 1 is 1.03 bits per heavy atom. The third kappa shape index (κ3) is 7.47. The lowest BCUT2D eigenvalue weighted by Gasteiger charge is -2.35. The van der Waals surface area contributed by atoms with Gasteiger partial charge in [0.1, 0.15) is 0 Å². The topological polar surface area (TPSA) is 98.8 Å². The van der Waals surface area contributed by atoms with Crippen molar-refractivity contribution in [2.45, 2.75) is 70.8 Å². The average Bonchev–Trinajstić information content (AvgIpc) is 2.84. The fourth-order valence-corrected chi connectivity index (χ4v) is 4.99. The summed E-state index contributed by atoms with van der Waals surface area (Å²) in [6, 6.07) is 11.6. The summed E-state index contributed by atoms with van der Waals surface area (Å²) in [7, 11) is 0. The van der Waals surface area contributed by atoms with Gasteiger partial charge in [-0.2, -0.15) is 0 Å². The Morgan fingerprint density at radius 3 is 2.53 bits per heavy atom. The van der Waals surface area contributed by atoms with Gasteiger partial charge in [0, 0.05) is 17.2 Å². The van der Waals surface area contributed by atoms with E-state index in [0.29, 0.717) is 11.6 Å². The fourth-order valence-electron chi connectivity index (χ4n) is 4.99. The summed E-state index contributed by atoms with van der Waals surface area (Å²) in [5, 5.41) is 23.4. The van der Waals surface area contributed by atoms with Crippen LogP contribution in [0, 0.1) is 0 Å². The summed E-state index contributed by atoms with van der Waals surface area (Å²) in [4.78, 5) is 13.8. The number of primary amides is 1. The number of unbranched alkanes of at least 4 members (excludes halogenated alkanes) is 3. The summed E-state index contributed by atoms with van der Waals surface area (Å²) in [6.07, 6.45) is 9.82. The minimum atomic E-state index is -0.381. The average molecular weight is 468 g/mol. The monoisotopic (exact) mass is 467 g/mol. The molecule has 1 aliphatic rings. The highest BCUT2D eigenvalue weighted by Gasteiger charge is 2.26. The van der Waals surface area contributed by atoms with Crippen LogP contribution in [-0.4, -0.2) is 53.2 Å². The molecule has 5 N–H and O–H groups in total. The second-order valence-corrected chi connectivity index (χ2v) is 9.48. The predicted molar refractivity (Wildman–Crippen MR) is 137 cm³/mol. The molecule has 0 bridgehead atoms. The molecular formula is C28H41N3O3. The number of aromatic hydroxyl groups is 2. The van der Waals surface area contributed by atoms with Crippen molar-refractivity contribution in [2.24, 2.45) is 5.73 Å². The molecule has 1 atom stereocenters. The molecule has 186 valence electrons. The highest BCUT2D eigenvalue weighted by atomic mass is 16.3. The van der Waals surface area contributed by atoms with Gasteiger partial charge >= 0.3 is 0 Å². The molecule has 1 unspecified atom stereocenters. The second-order valence-electron chi connectivity index (χ2n) is 9.48. The van der Waals surface area contributed by atoms with Gasteiger partial charge < -0.3 is 26.2 Å². The van der Waals surface area contributed by atoms with E-state index >= 15 is 0 Å². The van der Waals surface area contributed by atoms with Gasteiger partial charge in [-0.05, 0) is 100 Å². The van der Waals surface area contributed by atoms with Crippen molar-refractivity contribution in [2.75, 3.05) is 26.2 Å². The first kappa shape index (κ1) is 26.0. The first-order valence-electron chi connectivity index (χ1n) is 12.9. The van der Waals surface area contributed by atoms with Crippen molar-refractivity contribution in [3.05, 3.63) is 58.7 Å². The molecular weight excluding hydrogens is 426 g/mol. The van der Waals surface area contributed by atoms with Crippen LogP contribution >= 0.6 is 0 Å². The largest absolute Gasteiger partial charge is 0.504 e. The van der Waals surface area contributed by atoms with Crippen LogP contribution < -0.4 is 11.1 Å². The summed E-state index contributed by atoms with van der Waals surface area (Å²) < 4.78 is 0. The van der Waals surface area contributed by atoms with E-state index in [-0.39, 0.29) is 17.4 Å². The zero-order valence-corrected chi connectivity index (χ0v) is 20.6. The molecule has 6 nitrogen and oxygen atoms in total. The smallest absolute Gasteiger partial charge is 0.248 e. The summed E-state index contributed by atoms with van der Waals surface area (Å²) in [5.74, 6) is -0.309. The molecule has 2 aromatic carbocycles. The molecule has 6 heteroatoms. The number of phenolic OH excluding ortho intramolecular Hbond substituents is 2. The Kier molecular flexibility index (Phi) is 10.2. The van der Waals surface area contributed by atoms with Crippen LogP contribution in [0.25, 0.3) is 0 Å². The normalized spacial score (nSPS) is 15.4. The van der Waals surface area contributed by atoms with Crippen LogP contribution in [0.1, 0.15) is 72.5 Å². The van der Waals surface area contributed by atoms with Crippen molar-refractivity contribution >= 4 is 5.91 Å². The van der Waals surface area contributed by atoms with Crippen LogP contribution in [0.4, 0.5) is 0 Å². The number of hydrogen-bond acceptors (Lipinski definition) is 5. The molecule has 0 aromatic heterocycles. The SMILES string of the molecule is CCCN(CCCCCCNCCc1ccc(C(N)=O)cc1)C1CCc2c(ccc(O)c2O)C1. The number of nitrogens with zero attached hydrogens (tertiary/aromatic N) is 1. The molecule has 2 aromatic rings. The number of amides is 1. The molecule has 0 saturated carbocycles. The molecule has 0 radical (unpaired) electrons. The van der Waals surface area contributed by atoms with Crippen LogP contribution in [0.3, 0.4) is 0 Å². The number of carbonyl (C=O) groups excluding carboxylic acids is 1. The predicted octanol–water partition coefficient (Wildman–Crippen LogP) is 4.16. The Labute approximate surface area is 204 Å². The molecule has 1 aliphatic carbocycles. The number of hydrogen-bond donors (Lipinski definition) is 4. The Balaban J connectivity index is 1.29. The maximum Gasteiger partial charge on any atom is 0.248 e. The zero-order valence-electron chi connectivity index (χ0n) is 20.6. The number of rotatable bonds is 14. The van der Waals surface area contributed by atoms with E-state index in [1.807, 2.05) is 18.2 Å². The molecule has 0 spiro atoms. The van der Waals surface area contributed by atoms with Crippen LogP contribution in [0.5, 0.6) is 11.5 Å². The van der Waals surface area contributed by atoms with Gasteiger partial charge in [0.15, 0.2) is 11.5 Å². The van der Waals surface area contributed by atoms with E-state index in [1.165, 1.54) is 36.8 Å². The van der Waals surface area contributed by atoms with Crippen molar-refractivity contribution < 1.29 is 15.0 Å². The van der Waals surface area contributed by atoms with Gasteiger partial charge in [-0.15, -0.1) is 0 Å². The van der Waals surface area contributed by atoms with Gasteiger partial charge in [0.05, 0.1) is 0 Å². The van der Waals surface area contributed by atoms with E-state index in [0.717, 1.165) is 63.8 Å². The highest BCUT2D eigenvalue weighted by Crippen LogP contribution is 2.36. The number of carbonyl (C=O) groups is 1. The molecule has 0 aliphatic heterocycles. The molecule has 0 fully saturated rings. The second kappa shape index (κ2) is 13.4. The van der Waals surface area contributed by atoms with E-state index in [1.54, 1.807) is 18.2 Å². The number of benzene rings is 2. The standard InChI is InChI=1S/C28H41N3O3/c1-2-18-31(24-12-13-25-23(20-24)11-14-26(32)27(25)33)19-6-4-3-5-16-30-17-15-21-7-9-22(10-8-21)28(29)34/h7-11,14,24,30,32-33H,2-6,12-13,15-20H2,1H3,(H2,29,34). The molecule has 3 rings (SSSR count). The minimum absolute atomic E-state index is 0.00374. The lowest BCUT2D eigenvalue weighted by molar-refractivity contribution is 0.100. The first-order chi connectivity index (χ1) is 16.5. The van der Waals surface area contributed by atoms with Crippen LogP contribution in [-0.2, 0) is 19.3 Å². The lowest BCUT2D eigenvalue weighted by atomic mass is 9.86. The van der Waals surface area contributed by atoms with Gasteiger partial charge in [-0.3, -0.25) is 4.79 Å². The van der Waals surface area contributed by atoms with Gasteiger partial charge in [0.25, 0.3) is 0 Å². The van der Waals surface area contributed by atoms with E-state index in [9.17, 15) is 15.0 Å². The number of nitrogens with one attached hydrogen (secondary N) is 1. The van der Waals surface area contributed by atoms with Crippen LogP contribution in [0.15, 0.2) is 36.4 Å². The van der Waals surface area contributed by atoms with Crippen molar-refractivity contribution in [1.29, 1.82) is 0 Å². The third-order valence-electron chi connectivity index (χ3n) is 6.95. The van der Waals surface area contributed by atoms with E-state index in [2.05, 4.69) is 17.1 Å². The maximum absolute atomic E-state index is 11.1. The lowest BCUT2D eigenvalue weighted by Crippen LogP contribution is -2.40. The van der Waals surface area contributed by atoms with Gasteiger partial charge in [0.2, 0.25) is 5.91 Å². The maximum atomic E-state index is 11.1. The Morgan fingerprint density at radius 2 is 1.79 bits per heavy atom. The minimum Gasteiger partial charge on any atom is -0.504 e. The number of nitrogens with two attached hydrogens (primary N) is 1. The van der Waals surface area contributed by atoms with Crippen LogP contribution in [0.2, 0.25) is 0 Å². The number of fused-ring (bicyclic) bond motifs is 1. The summed E-state index contributed by atoms with van der Waals surface area (Å²) in [6.45, 7) is 6.47. The van der Waals surface area contributed by atoms with Crippen molar-refractivity contribution in [3.63, 3.8) is 0 Å². The highest BCUT2D eigenvalue weighted by molar-refractivity contribution is 5.92. The Bertz CT molecular complexity index is 914. The number of phenols is 2. The van der Waals surface area contributed by atoms with Gasteiger partial charge in [-0.1, -0.05) is 38.0 Å². The van der Waals surface area contributed by atoms with Crippen molar-refractivity contribution in [1.82, 2.24) is 10.2 Å². The molecule has 0 saturated heterocycles. The van der Waals surface area contributed by atoms with E-state index < -0.39 is 0 Å². The zero-order chi connectivity index (χ0) is 24.3. The molecule has 1 amide bonds. The Hall–Kier alpha value is -2.57. The quantitative estimate of drug-likeness (QED) is 0.247. The fraction of sp³-hybridized carbons (Fsp3) is 0.536. The first-order valence-corrected chi connectivity index (χ1v) is 12.9. The van der Waals surface area contributed by atoms with Gasteiger partial charge in [-0.25, -0.2) is 0 Å². The molecule has 0 heterocycles.